The number of aromatic nitrogens is 4. The molecule has 118 valence electrons. The molecule has 0 aliphatic carbocycles. The molecular weight excluding hydrogens is 292 g/mol. The summed E-state index contributed by atoms with van der Waals surface area (Å²) in [6.45, 7) is 7.71. The van der Waals surface area contributed by atoms with Crippen molar-refractivity contribution in [1.29, 1.82) is 0 Å². The number of carbonyl (C=O) groups excluding carboxylic acids is 1. The molecule has 0 N–H and O–H groups in total. The number of carbonyl (C=O) groups is 1. The summed E-state index contributed by atoms with van der Waals surface area (Å²) in [7, 11) is 0. The average Bonchev–Trinajstić information content (AvgIpc) is 2.85. The van der Waals surface area contributed by atoms with E-state index in [0.29, 0.717) is 11.7 Å². The Kier molecular flexibility index (Phi) is 3.60. The highest BCUT2D eigenvalue weighted by molar-refractivity contribution is 5.91. The Balaban J connectivity index is 2.34. The van der Waals surface area contributed by atoms with Gasteiger partial charge in [-0.15, -0.1) is 5.10 Å². The van der Waals surface area contributed by atoms with Crippen molar-refractivity contribution >= 4 is 16.9 Å². The maximum atomic E-state index is 11.5. The summed E-state index contributed by atoms with van der Waals surface area (Å²) in [5, 5.41) is 5.28. The number of hydrogen-bond acceptors (Lipinski definition) is 5. The van der Waals surface area contributed by atoms with Crippen LogP contribution in [0.3, 0.4) is 0 Å². The monoisotopic (exact) mass is 310 g/mol. The van der Waals surface area contributed by atoms with Gasteiger partial charge in [-0.3, -0.25) is 4.79 Å². The van der Waals surface area contributed by atoms with Gasteiger partial charge >= 0.3 is 5.97 Å². The first kappa shape index (κ1) is 15.1. The van der Waals surface area contributed by atoms with Crippen molar-refractivity contribution in [1.82, 2.24) is 19.7 Å². The number of hydrogen-bond donors (Lipinski definition) is 0. The minimum Gasteiger partial charge on any atom is -0.405 e. The summed E-state index contributed by atoms with van der Waals surface area (Å²) < 4.78 is 7.02. The van der Waals surface area contributed by atoms with Gasteiger partial charge in [0.15, 0.2) is 5.82 Å². The van der Waals surface area contributed by atoms with Crippen molar-refractivity contribution in [2.24, 2.45) is 0 Å². The predicted octanol–water partition coefficient (Wildman–Crippen LogP) is 3.04. The first-order valence-electron chi connectivity index (χ1n) is 7.35. The fraction of sp³-hybridized carbons (Fsp3) is 0.294. The molecule has 0 aliphatic heterocycles. The van der Waals surface area contributed by atoms with Crippen LogP contribution in [-0.4, -0.2) is 25.7 Å². The van der Waals surface area contributed by atoms with Gasteiger partial charge in [0, 0.05) is 19.2 Å². The lowest BCUT2D eigenvalue weighted by atomic mass is 9.85. The van der Waals surface area contributed by atoms with Gasteiger partial charge in [0.25, 0.3) is 0 Å². The van der Waals surface area contributed by atoms with Gasteiger partial charge in [-0.2, -0.15) is 0 Å². The van der Waals surface area contributed by atoms with Crippen LogP contribution < -0.4 is 4.74 Å². The molecule has 0 amide bonds. The van der Waals surface area contributed by atoms with Gasteiger partial charge in [0.05, 0.1) is 10.9 Å². The molecule has 2 heterocycles. The molecule has 0 atom stereocenters. The zero-order valence-corrected chi connectivity index (χ0v) is 13.6. The van der Waals surface area contributed by atoms with E-state index in [9.17, 15) is 4.79 Å². The topological polar surface area (TPSA) is 69.9 Å². The Hall–Kier alpha value is -2.76. The van der Waals surface area contributed by atoms with Crippen molar-refractivity contribution in [3.63, 3.8) is 0 Å². The molecule has 0 bridgehead atoms. The second-order valence-electron chi connectivity index (χ2n) is 6.33. The zero-order chi connectivity index (χ0) is 16.6. The standard InChI is InChI=1S/C17H18N4O2/c1-11(22)23-16-15-12(17(2,3)4)6-5-7-13(15)21(20-16)14-8-9-18-10-19-14/h5-10H,1-4H3. The summed E-state index contributed by atoms with van der Waals surface area (Å²) in [6.07, 6.45) is 3.11. The van der Waals surface area contributed by atoms with E-state index in [1.165, 1.54) is 13.3 Å². The van der Waals surface area contributed by atoms with E-state index < -0.39 is 5.97 Å². The quantitative estimate of drug-likeness (QED) is 0.680. The van der Waals surface area contributed by atoms with Gasteiger partial charge in [-0.05, 0) is 17.0 Å². The van der Waals surface area contributed by atoms with Crippen LogP contribution in [0.2, 0.25) is 0 Å². The third-order valence-corrected chi connectivity index (χ3v) is 3.51. The van der Waals surface area contributed by atoms with E-state index >= 15 is 0 Å². The van der Waals surface area contributed by atoms with Crippen molar-refractivity contribution in [2.45, 2.75) is 33.1 Å². The van der Waals surface area contributed by atoms with Gasteiger partial charge in [0.1, 0.15) is 6.33 Å². The minimum absolute atomic E-state index is 0.117. The zero-order valence-electron chi connectivity index (χ0n) is 13.6. The number of ether oxygens (including phenoxy) is 1. The summed E-state index contributed by atoms with van der Waals surface area (Å²) in [6, 6.07) is 7.70. The van der Waals surface area contributed by atoms with E-state index in [2.05, 4.69) is 35.8 Å². The molecule has 1 aromatic carbocycles. The number of rotatable bonds is 2. The van der Waals surface area contributed by atoms with Crippen LogP contribution in [0.25, 0.3) is 16.7 Å². The lowest BCUT2D eigenvalue weighted by Gasteiger charge is -2.20. The van der Waals surface area contributed by atoms with Crippen LogP contribution in [-0.2, 0) is 10.2 Å². The van der Waals surface area contributed by atoms with E-state index in [4.69, 9.17) is 4.74 Å². The first-order chi connectivity index (χ1) is 10.9. The third-order valence-electron chi connectivity index (χ3n) is 3.51. The van der Waals surface area contributed by atoms with E-state index in [0.717, 1.165) is 16.5 Å². The number of benzene rings is 1. The Morgan fingerprint density at radius 3 is 2.61 bits per heavy atom. The molecular formula is C17H18N4O2. The molecule has 6 nitrogen and oxygen atoms in total. The van der Waals surface area contributed by atoms with Gasteiger partial charge < -0.3 is 4.74 Å². The summed E-state index contributed by atoms with van der Waals surface area (Å²) >= 11 is 0. The van der Waals surface area contributed by atoms with Crippen LogP contribution in [0.15, 0.2) is 36.8 Å². The van der Waals surface area contributed by atoms with Crippen LogP contribution in [0.5, 0.6) is 5.88 Å². The molecule has 0 saturated heterocycles. The second kappa shape index (κ2) is 5.46. The number of nitrogens with zero attached hydrogens (tertiary/aromatic N) is 4. The highest BCUT2D eigenvalue weighted by Crippen LogP contribution is 2.36. The molecule has 0 fully saturated rings. The average molecular weight is 310 g/mol. The maximum Gasteiger partial charge on any atom is 0.309 e. The summed E-state index contributed by atoms with van der Waals surface area (Å²) in [5.41, 5.74) is 1.78. The minimum atomic E-state index is -0.400. The van der Waals surface area contributed by atoms with Crippen LogP contribution in [0.4, 0.5) is 0 Å². The van der Waals surface area contributed by atoms with Crippen molar-refractivity contribution in [2.75, 3.05) is 0 Å². The Bertz CT molecular complexity index is 863. The lowest BCUT2D eigenvalue weighted by molar-refractivity contribution is -0.132. The normalized spacial score (nSPS) is 11.7. The molecule has 6 heteroatoms. The smallest absolute Gasteiger partial charge is 0.309 e. The SMILES string of the molecule is CC(=O)Oc1nn(-c2ccncn2)c2cccc(C(C)(C)C)c12. The molecule has 23 heavy (non-hydrogen) atoms. The fourth-order valence-corrected chi connectivity index (χ4v) is 2.55. The molecule has 0 radical (unpaired) electrons. The van der Waals surface area contributed by atoms with Crippen molar-refractivity contribution in [3.05, 3.63) is 42.4 Å². The molecule has 0 saturated carbocycles. The fourth-order valence-electron chi connectivity index (χ4n) is 2.55. The van der Waals surface area contributed by atoms with Crippen LogP contribution in [0.1, 0.15) is 33.3 Å². The highest BCUT2D eigenvalue weighted by Gasteiger charge is 2.24. The molecule has 0 unspecified atom stereocenters. The van der Waals surface area contributed by atoms with Gasteiger partial charge in [0.2, 0.25) is 5.88 Å². The molecule has 3 rings (SSSR count). The second-order valence-corrected chi connectivity index (χ2v) is 6.33. The van der Waals surface area contributed by atoms with Gasteiger partial charge in [-0.25, -0.2) is 14.6 Å². The predicted molar refractivity (Wildman–Crippen MR) is 86.7 cm³/mol. The Morgan fingerprint density at radius 2 is 2.00 bits per heavy atom. The Labute approximate surface area is 134 Å². The Morgan fingerprint density at radius 1 is 1.22 bits per heavy atom. The van der Waals surface area contributed by atoms with Gasteiger partial charge in [-0.1, -0.05) is 32.9 Å². The summed E-state index contributed by atoms with van der Waals surface area (Å²) in [4.78, 5) is 19.6. The first-order valence-corrected chi connectivity index (χ1v) is 7.35. The number of fused-ring (bicyclic) bond motifs is 1. The summed E-state index contributed by atoms with van der Waals surface area (Å²) in [5.74, 6) is 0.522. The van der Waals surface area contributed by atoms with E-state index in [-0.39, 0.29) is 5.41 Å². The van der Waals surface area contributed by atoms with Crippen LogP contribution in [0, 0.1) is 0 Å². The third kappa shape index (κ3) is 2.79. The maximum absolute atomic E-state index is 11.5. The molecule has 2 aromatic heterocycles. The van der Waals surface area contributed by atoms with Crippen molar-refractivity contribution in [3.8, 4) is 11.7 Å². The largest absolute Gasteiger partial charge is 0.405 e. The molecule has 3 aromatic rings. The molecule has 0 aliphatic rings. The highest BCUT2D eigenvalue weighted by atomic mass is 16.5. The van der Waals surface area contributed by atoms with E-state index in [1.807, 2.05) is 18.2 Å². The van der Waals surface area contributed by atoms with Crippen LogP contribution >= 0.6 is 0 Å². The van der Waals surface area contributed by atoms with Crippen molar-refractivity contribution < 1.29 is 9.53 Å². The van der Waals surface area contributed by atoms with E-state index in [1.54, 1.807) is 16.9 Å². The molecule has 0 spiro atoms. The number of esters is 1. The lowest BCUT2D eigenvalue weighted by Crippen LogP contribution is -2.12.